The third kappa shape index (κ3) is 6.69. The van der Waals surface area contributed by atoms with Gasteiger partial charge in [-0.05, 0) is 78.9 Å². The topological polar surface area (TPSA) is 0 Å². The lowest BCUT2D eigenvalue weighted by molar-refractivity contribution is 1.65. The van der Waals surface area contributed by atoms with Crippen LogP contribution in [0, 0.1) is 0 Å². The van der Waals surface area contributed by atoms with E-state index in [-0.39, 0.29) is 34.0 Å². The van der Waals surface area contributed by atoms with Crippen LogP contribution in [-0.4, -0.2) is 6.16 Å². The van der Waals surface area contributed by atoms with E-state index in [1.54, 1.807) is 0 Å². The minimum atomic E-state index is -2.08. The molecular weight excluding hydrogens is 690 g/mol. The van der Waals surface area contributed by atoms with Crippen LogP contribution in [0.4, 0.5) is 0 Å². The fraction of sp³-hybridized carbons (Fsp3) is 0.0256. The van der Waals surface area contributed by atoms with Gasteiger partial charge in [0.15, 0.2) is 0 Å². The summed E-state index contributed by atoms with van der Waals surface area (Å²) in [6, 6.07) is 66.8. The van der Waals surface area contributed by atoms with Crippen molar-refractivity contribution in [2.45, 2.75) is 0 Å². The first kappa shape index (κ1) is 32.8. The molecule has 6 aromatic carbocycles. The minimum absolute atomic E-state index is 0. The van der Waals surface area contributed by atoms with E-state index in [1.807, 2.05) is 0 Å². The molecule has 0 N–H and O–H groups in total. The summed E-state index contributed by atoms with van der Waals surface area (Å²) in [6.45, 7) is 0. The molecule has 0 nitrogen and oxygen atoms in total. The van der Waals surface area contributed by atoms with Crippen molar-refractivity contribution in [1.82, 2.24) is 0 Å². The van der Waals surface area contributed by atoms with Crippen molar-refractivity contribution in [3.05, 3.63) is 194 Å². The second kappa shape index (κ2) is 15.6. The lowest BCUT2D eigenvalue weighted by Gasteiger charge is -2.27. The van der Waals surface area contributed by atoms with Crippen LogP contribution in [-0.2, 0) is 0 Å². The Kier molecular flexibility index (Phi) is 11.9. The average Bonchev–Trinajstić information content (AvgIpc) is 3.08. The van der Waals surface area contributed by atoms with Gasteiger partial charge < -0.3 is 0 Å². The van der Waals surface area contributed by atoms with E-state index in [9.17, 15) is 0 Å². The van der Waals surface area contributed by atoms with Gasteiger partial charge in [-0.15, -0.1) is 34.0 Å². The first-order chi connectivity index (χ1) is 20.3. The third-order valence-electron chi connectivity index (χ3n) is 7.79. The summed E-state index contributed by atoms with van der Waals surface area (Å²) < 4.78 is 0. The van der Waals surface area contributed by atoms with Crippen LogP contribution < -0.4 is 31.8 Å². The van der Waals surface area contributed by atoms with Crippen molar-refractivity contribution in [3.8, 4) is 0 Å². The maximum absolute atomic E-state index is 2.58. The van der Waals surface area contributed by atoms with Crippen molar-refractivity contribution in [2.24, 2.45) is 0 Å². The Morgan fingerprint density at radius 1 is 0.326 bits per heavy atom. The molecule has 0 amide bonds. The number of benzene rings is 6. The van der Waals surface area contributed by atoms with E-state index >= 15 is 0 Å². The summed E-state index contributed by atoms with van der Waals surface area (Å²) in [5.74, 6) is 2.58. The molecule has 6 rings (SSSR count). The van der Waals surface area contributed by atoms with E-state index in [2.05, 4.69) is 194 Å². The first-order valence-electron chi connectivity index (χ1n) is 14.1. The normalized spacial score (nSPS) is 11.3. The highest BCUT2D eigenvalue weighted by Gasteiger charge is 2.47. The second-order valence-corrected chi connectivity index (χ2v) is 16.9. The largest absolute Gasteiger partial charge is 0.136 e. The van der Waals surface area contributed by atoms with Crippen LogP contribution in [0.5, 0.6) is 0 Å². The van der Waals surface area contributed by atoms with Gasteiger partial charge in [0.25, 0.3) is 0 Å². The molecule has 6 aromatic rings. The van der Waals surface area contributed by atoms with Crippen LogP contribution in [0.25, 0.3) is 0 Å². The van der Waals surface area contributed by atoms with Crippen LogP contribution >= 0.6 is 48.5 Å². The van der Waals surface area contributed by atoms with Crippen molar-refractivity contribution < 1.29 is 0 Å². The van der Waals surface area contributed by atoms with E-state index in [0.29, 0.717) is 0 Å². The summed E-state index contributed by atoms with van der Waals surface area (Å²) in [4.78, 5) is 0. The van der Waals surface area contributed by atoms with Gasteiger partial charge in [0, 0.05) is 0 Å². The Balaban J connectivity index is 0.00000212. The van der Waals surface area contributed by atoms with Crippen LogP contribution in [0.1, 0.15) is 0 Å². The number of hydrogen-bond donors (Lipinski definition) is 0. The number of rotatable bonds is 9. The molecule has 0 unspecified atom stereocenters. The third-order valence-corrected chi connectivity index (χ3v) is 16.1. The Bertz CT molecular complexity index is 1480. The molecule has 0 aliphatic carbocycles. The molecule has 0 saturated carbocycles. The van der Waals surface area contributed by atoms with E-state index in [0.717, 1.165) is 6.16 Å². The van der Waals surface area contributed by atoms with Crippen LogP contribution in [0.3, 0.4) is 0 Å². The summed E-state index contributed by atoms with van der Waals surface area (Å²) in [6.07, 6.45) is 3.46. The Morgan fingerprint density at radius 2 is 0.558 bits per heavy atom. The molecule has 0 atom stereocenters. The average molecular weight is 726 g/mol. The van der Waals surface area contributed by atoms with Gasteiger partial charge in [-0.3, -0.25) is 0 Å². The summed E-state index contributed by atoms with van der Waals surface area (Å²) in [5, 5.41) is 8.34. The van der Waals surface area contributed by atoms with Crippen molar-refractivity contribution in [3.63, 3.8) is 0 Å². The van der Waals surface area contributed by atoms with Gasteiger partial charge in [-0.25, -0.2) is 0 Å². The molecule has 0 bridgehead atoms. The molecule has 0 spiro atoms. The summed E-state index contributed by atoms with van der Waals surface area (Å²) >= 11 is 0. The van der Waals surface area contributed by atoms with E-state index in [1.165, 1.54) is 31.8 Å². The number of hydrogen-bond acceptors (Lipinski definition) is 0. The van der Waals surface area contributed by atoms with Gasteiger partial charge in [-0.2, -0.15) is 0 Å². The maximum atomic E-state index is 2.58. The zero-order valence-electron chi connectivity index (χ0n) is 23.9. The molecule has 214 valence electrons. The lowest BCUT2D eigenvalue weighted by Crippen LogP contribution is -2.33. The Morgan fingerprint density at radius 3 is 0.814 bits per heavy atom. The standard InChI is InChI=1S/C39H34P2.2BrH/c1-7-20-34(21-8-1)40(35-22-9-2-10-23-35,36-24-11-3-12-25-36)32-19-33-41(37-26-13-4-14-27-37,38-28-15-5-16-29-38)39-30-17-6-18-31-39;;/h1-32H,33H2;2*1H/q+2;;. The predicted octanol–water partition coefficient (Wildman–Crippen LogP) is 8.64. The molecular formula is C39H36Br2P2+2. The quantitative estimate of drug-likeness (QED) is 0.131. The summed E-state index contributed by atoms with van der Waals surface area (Å²) in [7, 11) is -4.06. The molecule has 0 radical (unpaired) electrons. The van der Waals surface area contributed by atoms with Crippen molar-refractivity contribution in [2.75, 3.05) is 6.16 Å². The summed E-state index contributed by atoms with van der Waals surface area (Å²) in [5.41, 5.74) is 0. The molecule has 0 saturated heterocycles. The van der Waals surface area contributed by atoms with Crippen LogP contribution in [0.2, 0.25) is 0 Å². The maximum Gasteiger partial charge on any atom is 0.136 e. The second-order valence-electron chi connectivity index (χ2n) is 10.1. The highest BCUT2D eigenvalue weighted by Crippen LogP contribution is 2.59. The zero-order chi connectivity index (χ0) is 27.8. The fourth-order valence-corrected chi connectivity index (χ4v) is 13.8. The van der Waals surface area contributed by atoms with Gasteiger partial charge in [0.2, 0.25) is 0 Å². The SMILES string of the molecule is Br.Br.C(=C[P+](c1ccccc1)(c1ccccc1)c1ccccc1)C[P+](c1ccccc1)(c1ccccc1)c1ccccc1. The molecule has 0 aliphatic rings. The molecule has 0 heterocycles. The molecule has 0 fully saturated rings. The number of halogens is 2. The van der Waals surface area contributed by atoms with Crippen molar-refractivity contribution in [1.29, 1.82) is 0 Å². The van der Waals surface area contributed by atoms with Gasteiger partial charge in [0.05, 0.1) is 12.0 Å². The van der Waals surface area contributed by atoms with Gasteiger partial charge >= 0.3 is 0 Å². The highest BCUT2D eigenvalue weighted by molar-refractivity contribution is 8.93. The molecule has 4 heteroatoms. The highest BCUT2D eigenvalue weighted by atomic mass is 79.9. The van der Waals surface area contributed by atoms with Gasteiger partial charge in [-0.1, -0.05) is 109 Å². The van der Waals surface area contributed by atoms with Crippen molar-refractivity contribution >= 4 is 80.3 Å². The fourth-order valence-electron chi connectivity index (χ4n) is 5.87. The lowest BCUT2D eigenvalue weighted by atomic mass is 10.4. The predicted molar refractivity (Wildman–Crippen MR) is 205 cm³/mol. The Labute approximate surface area is 278 Å². The monoisotopic (exact) mass is 724 g/mol. The Hall–Kier alpha value is -3.12. The molecule has 0 aromatic heterocycles. The van der Waals surface area contributed by atoms with E-state index < -0.39 is 14.5 Å². The van der Waals surface area contributed by atoms with E-state index in [4.69, 9.17) is 0 Å². The zero-order valence-corrected chi connectivity index (χ0v) is 29.1. The smallest absolute Gasteiger partial charge is 0.114 e. The molecule has 43 heavy (non-hydrogen) atoms. The minimum Gasteiger partial charge on any atom is -0.114 e. The van der Waals surface area contributed by atoms with Gasteiger partial charge in [0.1, 0.15) is 46.4 Å². The molecule has 0 aliphatic heterocycles. The first-order valence-corrected chi connectivity index (χ1v) is 18.0. The number of allylic oxidation sites excluding steroid dienone is 1. The van der Waals surface area contributed by atoms with Crippen LogP contribution in [0.15, 0.2) is 194 Å².